The monoisotopic (exact) mass is 414 g/mol. The van der Waals surface area contributed by atoms with E-state index in [2.05, 4.69) is 27.9 Å². The second kappa shape index (κ2) is 6.90. The lowest BCUT2D eigenvalue weighted by molar-refractivity contribution is -0.319. The second-order valence-electron chi connectivity index (χ2n) is 3.93. The van der Waals surface area contributed by atoms with Crippen molar-refractivity contribution < 1.29 is 57.4 Å². The number of hydrogen-bond donors (Lipinski definition) is 0. The van der Waals surface area contributed by atoms with Crippen LogP contribution < -0.4 is 0 Å². The first-order chi connectivity index (χ1) is 9.86. The predicted molar refractivity (Wildman–Crippen MR) is 52.2 cm³/mol. The quantitative estimate of drug-likeness (QED) is 0.391. The third-order valence-electron chi connectivity index (χ3n) is 2.15. The van der Waals surface area contributed by atoms with Gasteiger partial charge in [-0.25, -0.2) is 17.6 Å². The Morgan fingerprint density at radius 2 is 0.783 bits per heavy atom. The van der Waals surface area contributed by atoms with E-state index in [0.717, 1.165) is 0 Å². The third-order valence-corrected chi connectivity index (χ3v) is 2.54. The van der Waals surface area contributed by atoms with E-state index < -0.39 is 47.7 Å². The average Bonchev–Trinajstić information content (AvgIpc) is 2.24. The molecule has 140 valence electrons. The van der Waals surface area contributed by atoms with E-state index in [0.29, 0.717) is 0 Å². The number of halogens is 14. The molecule has 0 saturated carbocycles. The number of alkyl halides is 14. The third kappa shape index (κ3) is 5.34. The molecule has 0 heterocycles. The fourth-order valence-corrected chi connectivity index (χ4v) is 1.53. The van der Waals surface area contributed by atoms with Crippen LogP contribution in [0.3, 0.4) is 0 Å². The summed E-state index contributed by atoms with van der Waals surface area (Å²) < 4.78 is 153. The fourth-order valence-electron chi connectivity index (χ4n) is 1.14. The molecule has 0 radical (unpaired) electrons. The largest absolute Gasteiger partial charge is 0.353 e. The van der Waals surface area contributed by atoms with Gasteiger partial charge >= 0.3 is 35.5 Å². The Labute approximate surface area is 129 Å². The first-order valence-corrected chi connectivity index (χ1v) is 5.72. The van der Waals surface area contributed by atoms with Gasteiger partial charge in [0.2, 0.25) is 12.2 Å². The van der Waals surface area contributed by atoms with Gasteiger partial charge in [0.25, 0.3) is 0 Å². The summed E-state index contributed by atoms with van der Waals surface area (Å²) in [5.74, 6) is -12.1. The van der Waals surface area contributed by atoms with Crippen molar-refractivity contribution in [2.75, 3.05) is 0 Å². The summed E-state index contributed by atoms with van der Waals surface area (Å²) in [6.45, 7) is 0. The van der Waals surface area contributed by atoms with Gasteiger partial charge in [-0.05, 0) is 23.2 Å². The highest BCUT2D eigenvalue weighted by atomic mass is 35.5. The molecule has 0 amide bonds. The van der Waals surface area contributed by atoms with Crippen LogP contribution in [0.25, 0.3) is 0 Å². The van der Waals surface area contributed by atoms with Crippen molar-refractivity contribution in [2.24, 2.45) is 0 Å². The van der Waals surface area contributed by atoms with Crippen LogP contribution in [0.1, 0.15) is 0 Å². The minimum Gasteiger partial charge on any atom is -0.347 e. The minimum atomic E-state index is -6.05. The first-order valence-electron chi connectivity index (χ1n) is 4.97. The maximum Gasteiger partial charge on any atom is 0.353 e. The molecule has 0 bridgehead atoms. The van der Waals surface area contributed by atoms with Crippen molar-refractivity contribution in [2.45, 2.75) is 47.7 Å². The molecular formula is C8H4Cl2F12O. The Hall–Kier alpha value is -0.300. The molecule has 0 N–H and O–H groups in total. The van der Waals surface area contributed by atoms with E-state index >= 15 is 0 Å². The lowest BCUT2D eigenvalue weighted by Crippen LogP contribution is -2.59. The molecule has 0 saturated heterocycles. The molecule has 1 nitrogen and oxygen atoms in total. The molecule has 0 aliphatic rings. The second-order valence-corrected chi connectivity index (χ2v) is 4.94. The molecule has 15 heteroatoms. The number of rotatable bonds is 8. The van der Waals surface area contributed by atoms with Crippen molar-refractivity contribution in [1.29, 1.82) is 0 Å². The first kappa shape index (κ1) is 22.7. The van der Waals surface area contributed by atoms with Crippen molar-refractivity contribution in [1.82, 2.24) is 0 Å². The van der Waals surface area contributed by atoms with Gasteiger partial charge in [-0.1, -0.05) is 0 Å². The smallest absolute Gasteiger partial charge is 0.347 e. The van der Waals surface area contributed by atoms with Gasteiger partial charge in [-0.3, -0.25) is 0 Å². The molecule has 0 aromatic carbocycles. The molecule has 2 atom stereocenters. The summed E-state index contributed by atoms with van der Waals surface area (Å²) in [4.78, 5) is 0. The molecule has 23 heavy (non-hydrogen) atoms. The normalized spacial score (nSPS) is 17.7. The zero-order valence-corrected chi connectivity index (χ0v) is 11.5. The summed E-state index contributed by atoms with van der Waals surface area (Å²) >= 11 is 7.92. The minimum absolute atomic E-state index is 2.81. The molecule has 0 aromatic rings. The summed E-state index contributed by atoms with van der Waals surface area (Å²) in [5.41, 5.74) is 0. The number of hydrogen-bond acceptors (Lipinski definition) is 1. The highest BCUT2D eigenvalue weighted by Gasteiger charge is 2.67. The molecule has 0 aliphatic heterocycles. The van der Waals surface area contributed by atoms with Crippen molar-refractivity contribution in [3.8, 4) is 0 Å². The van der Waals surface area contributed by atoms with E-state index in [1.54, 1.807) is 0 Å². The molecule has 0 aliphatic carbocycles. The summed E-state index contributed by atoms with van der Waals surface area (Å²) in [6.07, 6.45) is -19.7. The number of ether oxygens (including phenoxy) is 1. The van der Waals surface area contributed by atoms with Gasteiger partial charge < -0.3 is 4.74 Å². The van der Waals surface area contributed by atoms with Crippen LogP contribution in [0.2, 0.25) is 0 Å². The fraction of sp³-hybridized carbons (Fsp3) is 1.00. The van der Waals surface area contributed by atoms with Gasteiger partial charge in [0.15, 0.2) is 0 Å². The molecule has 2 unspecified atom stereocenters. The van der Waals surface area contributed by atoms with Gasteiger partial charge in [0.05, 0.1) is 0 Å². The van der Waals surface area contributed by atoms with Crippen LogP contribution in [-0.4, -0.2) is 47.7 Å². The standard InChI is InChI=1S/C8H4Cl2F12O/c9-7(19,20)1(5(15,16)3(11)12)23-2(8(10,21)22)6(17,18)4(13)14/h1-4H. The molecule has 0 rings (SSSR count). The van der Waals surface area contributed by atoms with Crippen molar-refractivity contribution in [3.63, 3.8) is 0 Å². The maximum absolute atomic E-state index is 12.9. The zero-order valence-electron chi connectivity index (χ0n) is 10.0. The van der Waals surface area contributed by atoms with Gasteiger partial charge in [-0.15, -0.1) is 0 Å². The SMILES string of the molecule is FC(F)C(F)(F)C(OC(C(F)(F)Cl)C(F)(F)C(F)F)C(F)(F)Cl. The van der Waals surface area contributed by atoms with E-state index in [4.69, 9.17) is 0 Å². The predicted octanol–water partition coefficient (Wildman–Crippen LogP) is 5.20. The lowest BCUT2D eigenvalue weighted by Gasteiger charge is -2.36. The molecular weight excluding hydrogens is 411 g/mol. The van der Waals surface area contributed by atoms with Crippen LogP contribution in [0, 0.1) is 0 Å². The van der Waals surface area contributed by atoms with Gasteiger partial charge in [0.1, 0.15) is 0 Å². The Balaban J connectivity index is 5.94. The summed E-state index contributed by atoms with van der Waals surface area (Å²) in [6, 6.07) is 0. The van der Waals surface area contributed by atoms with E-state index in [1.165, 1.54) is 0 Å². The summed E-state index contributed by atoms with van der Waals surface area (Å²) in [7, 11) is 0. The Morgan fingerprint density at radius 1 is 0.565 bits per heavy atom. The van der Waals surface area contributed by atoms with E-state index in [9.17, 15) is 52.7 Å². The topological polar surface area (TPSA) is 9.23 Å². The van der Waals surface area contributed by atoms with Crippen LogP contribution in [-0.2, 0) is 4.74 Å². The van der Waals surface area contributed by atoms with Crippen LogP contribution >= 0.6 is 23.2 Å². The Kier molecular flexibility index (Phi) is 6.81. The zero-order chi connectivity index (χ0) is 19.0. The van der Waals surface area contributed by atoms with E-state index in [-0.39, 0.29) is 0 Å². The van der Waals surface area contributed by atoms with Crippen molar-refractivity contribution in [3.05, 3.63) is 0 Å². The van der Waals surface area contributed by atoms with E-state index in [1.807, 2.05) is 0 Å². The Morgan fingerprint density at radius 3 is 0.913 bits per heavy atom. The molecule has 0 aromatic heterocycles. The van der Waals surface area contributed by atoms with Crippen LogP contribution in [0.4, 0.5) is 52.7 Å². The summed E-state index contributed by atoms with van der Waals surface area (Å²) in [5, 5.41) is -11.2. The maximum atomic E-state index is 12.9. The lowest BCUT2D eigenvalue weighted by atomic mass is 10.1. The highest BCUT2D eigenvalue weighted by molar-refractivity contribution is 6.22. The van der Waals surface area contributed by atoms with Gasteiger partial charge in [0, 0.05) is 0 Å². The average molecular weight is 415 g/mol. The highest BCUT2D eigenvalue weighted by Crippen LogP contribution is 2.46. The van der Waals surface area contributed by atoms with Crippen molar-refractivity contribution >= 4 is 23.2 Å². The van der Waals surface area contributed by atoms with Crippen LogP contribution in [0.15, 0.2) is 0 Å². The Bertz CT molecular complexity index is 354. The van der Waals surface area contributed by atoms with Gasteiger partial charge in [-0.2, -0.15) is 35.1 Å². The van der Waals surface area contributed by atoms with Crippen LogP contribution in [0.5, 0.6) is 0 Å². The molecule has 0 fully saturated rings. The molecule has 0 spiro atoms.